The summed E-state index contributed by atoms with van der Waals surface area (Å²) >= 11 is 4.85. The van der Waals surface area contributed by atoms with Gasteiger partial charge < -0.3 is 11.1 Å². The smallest absolute Gasteiger partial charge is 0.248 e. The Morgan fingerprint density at radius 3 is 2.69 bits per heavy atom. The second kappa shape index (κ2) is 7.95. The highest BCUT2D eigenvalue weighted by atomic mass is 79.9. The summed E-state index contributed by atoms with van der Waals surface area (Å²) in [5.74, 6) is -0.479. The monoisotopic (exact) mass is 424 g/mol. The zero-order valence-electron chi connectivity index (χ0n) is 13.4. The molecule has 0 spiro atoms. The van der Waals surface area contributed by atoms with Gasteiger partial charge in [-0.3, -0.25) is 4.79 Å². The van der Waals surface area contributed by atoms with Crippen LogP contribution in [0.25, 0.3) is 16.8 Å². The lowest BCUT2D eigenvalue weighted by atomic mass is 10.2. The van der Waals surface area contributed by atoms with Crippen LogP contribution in [0.15, 0.2) is 64.6 Å². The van der Waals surface area contributed by atoms with Gasteiger partial charge in [0.1, 0.15) is 16.6 Å². The average molecular weight is 425 g/mol. The van der Waals surface area contributed by atoms with Crippen molar-refractivity contribution < 1.29 is 4.79 Å². The van der Waals surface area contributed by atoms with E-state index in [1.165, 1.54) is 11.3 Å². The molecule has 0 aliphatic rings. The number of nitrogens with one attached hydrogen (secondary N) is 1. The summed E-state index contributed by atoms with van der Waals surface area (Å²) in [6.07, 6.45) is 1.60. The van der Waals surface area contributed by atoms with Crippen molar-refractivity contribution in [3.05, 3.63) is 75.2 Å². The van der Waals surface area contributed by atoms with Crippen molar-refractivity contribution in [3.63, 3.8) is 0 Å². The predicted molar refractivity (Wildman–Crippen MR) is 107 cm³/mol. The van der Waals surface area contributed by atoms with Gasteiger partial charge in [0.2, 0.25) is 5.91 Å². The van der Waals surface area contributed by atoms with Crippen LogP contribution < -0.4 is 11.1 Å². The van der Waals surface area contributed by atoms with E-state index in [-0.39, 0.29) is 0 Å². The number of allylic oxidation sites excluding steroid dienone is 1. The van der Waals surface area contributed by atoms with E-state index in [2.05, 4.69) is 32.3 Å². The van der Waals surface area contributed by atoms with Gasteiger partial charge in [-0.25, -0.2) is 4.98 Å². The Morgan fingerprint density at radius 2 is 2.04 bits per heavy atom. The molecule has 0 aliphatic carbocycles. The topological polar surface area (TPSA) is 91.8 Å². The van der Waals surface area contributed by atoms with E-state index in [0.29, 0.717) is 16.1 Å². The fourth-order valence-electron chi connectivity index (χ4n) is 2.21. The van der Waals surface area contributed by atoms with Crippen LogP contribution in [-0.2, 0) is 0 Å². The first kappa shape index (κ1) is 17.9. The number of halogens is 1. The standard InChI is InChI=1S/C19H13BrN4OS/c20-15-3-1-2-13(8-15)17-11-26-19(24-17)14(9-21)10-23-16-6-4-12(5-7-16)18(22)25/h1-8,10-11,23H,(H2,22,25)/b14-10+. The molecule has 5 nitrogen and oxygen atoms in total. The third kappa shape index (κ3) is 4.17. The third-order valence-electron chi connectivity index (χ3n) is 3.53. The molecule has 7 heteroatoms. The number of carbonyl (C=O) groups excluding carboxylic acids is 1. The summed E-state index contributed by atoms with van der Waals surface area (Å²) in [6, 6.07) is 16.7. The number of benzene rings is 2. The number of primary amides is 1. The van der Waals surface area contributed by atoms with E-state index in [4.69, 9.17) is 5.73 Å². The molecule has 1 amide bonds. The van der Waals surface area contributed by atoms with Crippen LogP contribution >= 0.6 is 27.3 Å². The largest absolute Gasteiger partial charge is 0.366 e. The molecule has 128 valence electrons. The predicted octanol–water partition coefficient (Wildman–Crippen LogP) is 4.65. The summed E-state index contributed by atoms with van der Waals surface area (Å²) in [6.45, 7) is 0. The van der Waals surface area contributed by atoms with Gasteiger partial charge in [0.25, 0.3) is 0 Å². The van der Waals surface area contributed by atoms with Gasteiger partial charge in [0, 0.05) is 32.9 Å². The summed E-state index contributed by atoms with van der Waals surface area (Å²) in [5, 5.41) is 15.0. The molecule has 0 fully saturated rings. The van der Waals surface area contributed by atoms with E-state index in [1.807, 2.05) is 29.6 Å². The van der Waals surface area contributed by atoms with Crippen LogP contribution in [0.4, 0.5) is 5.69 Å². The van der Waals surface area contributed by atoms with Crippen LogP contribution in [0.3, 0.4) is 0 Å². The summed E-state index contributed by atoms with van der Waals surface area (Å²) < 4.78 is 0.974. The third-order valence-corrected chi connectivity index (χ3v) is 4.90. The normalized spacial score (nSPS) is 11.0. The number of rotatable bonds is 5. The Bertz CT molecular complexity index is 1020. The zero-order chi connectivity index (χ0) is 18.5. The number of carbonyl (C=O) groups is 1. The molecule has 3 rings (SSSR count). The molecule has 0 aliphatic heterocycles. The molecule has 3 N–H and O–H groups in total. The molecule has 26 heavy (non-hydrogen) atoms. The lowest BCUT2D eigenvalue weighted by Gasteiger charge is -2.02. The summed E-state index contributed by atoms with van der Waals surface area (Å²) in [5.41, 5.74) is 8.62. The highest BCUT2D eigenvalue weighted by Crippen LogP contribution is 2.27. The molecule has 1 heterocycles. The number of anilines is 1. The maximum atomic E-state index is 11.1. The van der Waals surface area contributed by atoms with Crippen molar-refractivity contribution in [2.45, 2.75) is 0 Å². The summed E-state index contributed by atoms with van der Waals surface area (Å²) in [4.78, 5) is 15.6. The second-order valence-corrected chi connectivity index (χ2v) is 7.08. The van der Waals surface area contributed by atoms with Crippen molar-refractivity contribution in [2.24, 2.45) is 5.73 Å². The molecule has 0 saturated carbocycles. The average Bonchev–Trinajstić information content (AvgIpc) is 3.13. The van der Waals surface area contributed by atoms with E-state index in [9.17, 15) is 10.1 Å². The van der Waals surface area contributed by atoms with Crippen molar-refractivity contribution in [2.75, 3.05) is 5.32 Å². The van der Waals surface area contributed by atoms with Crippen LogP contribution in [0, 0.1) is 11.3 Å². The minimum atomic E-state index is -0.479. The quantitative estimate of drug-likeness (QED) is 0.583. The molecule has 1 aromatic heterocycles. The van der Waals surface area contributed by atoms with E-state index in [0.717, 1.165) is 21.4 Å². The number of hydrogen-bond donors (Lipinski definition) is 2. The molecule has 0 atom stereocenters. The fraction of sp³-hybridized carbons (Fsp3) is 0. The van der Waals surface area contributed by atoms with Gasteiger partial charge in [-0.2, -0.15) is 5.26 Å². The van der Waals surface area contributed by atoms with Gasteiger partial charge in [0.15, 0.2) is 0 Å². The number of thiazole rings is 1. The Balaban J connectivity index is 1.79. The number of aromatic nitrogens is 1. The minimum absolute atomic E-state index is 0.426. The first-order chi connectivity index (χ1) is 12.6. The Kier molecular flexibility index (Phi) is 5.46. The maximum absolute atomic E-state index is 11.1. The number of amides is 1. The number of nitriles is 1. The lowest BCUT2D eigenvalue weighted by Crippen LogP contribution is -2.10. The zero-order valence-corrected chi connectivity index (χ0v) is 15.8. The molecule has 0 radical (unpaired) electrons. The highest BCUT2D eigenvalue weighted by Gasteiger charge is 2.09. The number of nitrogens with zero attached hydrogens (tertiary/aromatic N) is 2. The Morgan fingerprint density at radius 1 is 1.27 bits per heavy atom. The van der Waals surface area contributed by atoms with E-state index in [1.54, 1.807) is 30.5 Å². The van der Waals surface area contributed by atoms with Crippen LogP contribution in [-0.4, -0.2) is 10.9 Å². The fourth-order valence-corrected chi connectivity index (χ4v) is 3.40. The minimum Gasteiger partial charge on any atom is -0.366 e. The van der Waals surface area contributed by atoms with Crippen LogP contribution in [0.2, 0.25) is 0 Å². The molecule has 0 saturated heterocycles. The Labute approximate surface area is 162 Å². The van der Waals surface area contributed by atoms with Gasteiger partial charge in [-0.1, -0.05) is 28.1 Å². The van der Waals surface area contributed by atoms with Crippen molar-refractivity contribution >= 4 is 44.4 Å². The lowest BCUT2D eigenvalue weighted by molar-refractivity contribution is 0.100. The van der Waals surface area contributed by atoms with E-state index < -0.39 is 5.91 Å². The number of hydrogen-bond acceptors (Lipinski definition) is 5. The van der Waals surface area contributed by atoms with Crippen molar-refractivity contribution in [1.82, 2.24) is 4.98 Å². The van der Waals surface area contributed by atoms with Gasteiger partial charge >= 0.3 is 0 Å². The molecule has 3 aromatic rings. The van der Waals surface area contributed by atoms with Crippen molar-refractivity contribution in [1.29, 1.82) is 5.26 Å². The van der Waals surface area contributed by atoms with Gasteiger partial charge in [0.05, 0.1) is 5.69 Å². The molecule has 0 unspecified atom stereocenters. The first-order valence-corrected chi connectivity index (χ1v) is 9.22. The van der Waals surface area contributed by atoms with Gasteiger partial charge in [-0.05, 0) is 36.4 Å². The maximum Gasteiger partial charge on any atom is 0.248 e. The second-order valence-electron chi connectivity index (χ2n) is 5.30. The molecular formula is C19H13BrN4OS. The highest BCUT2D eigenvalue weighted by molar-refractivity contribution is 9.10. The summed E-state index contributed by atoms with van der Waals surface area (Å²) in [7, 11) is 0. The van der Waals surface area contributed by atoms with Crippen LogP contribution in [0.1, 0.15) is 15.4 Å². The van der Waals surface area contributed by atoms with E-state index >= 15 is 0 Å². The van der Waals surface area contributed by atoms with Crippen LogP contribution in [0.5, 0.6) is 0 Å². The van der Waals surface area contributed by atoms with Gasteiger partial charge in [-0.15, -0.1) is 11.3 Å². The number of nitrogens with two attached hydrogens (primary N) is 1. The SMILES string of the molecule is N#C/C(=C\Nc1ccc(C(N)=O)cc1)c1nc(-c2cccc(Br)c2)cs1. The molecule has 0 bridgehead atoms. The van der Waals surface area contributed by atoms with Crippen molar-refractivity contribution in [3.8, 4) is 17.3 Å². The Hall–Kier alpha value is -2.95. The molecular weight excluding hydrogens is 412 g/mol. The first-order valence-electron chi connectivity index (χ1n) is 7.55. The molecule has 2 aromatic carbocycles.